The van der Waals surface area contributed by atoms with E-state index in [0.29, 0.717) is 0 Å². The Hall–Kier alpha value is -2.76. The third-order valence-electron chi connectivity index (χ3n) is 4.40. The lowest BCUT2D eigenvalue weighted by molar-refractivity contribution is -0.683. The lowest BCUT2D eigenvalue weighted by atomic mass is 10.2. The van der Waals surface area contributed by atoms with Crippen molar-refractivity contribution < 1.29 is 36.8 Å². The van der Waals surface area contributed by atoms with Crippen molar-refractivity contribution in [3.05, 3.63) is 50.9 Å². The zero-order chi connectivity index (χ0) is 24.4. The maximum atomic E-state index is 12.3. The molecule has 0 atom stereocenters. The number of aromatic hydroxyl groups is 2. The number of phenols is 2. The number of rotatable bonds is 6. The van der Waals surface area contributed by atoms with Gasteiger partial charge < -0.3 is 44.7 Å². The number of aromatic nitrogens is 2. The van der Waals surface area contributed by atoms with Gasteiger partial charge >= 0.3 is 0 Å². The van der Waals surface area contributed by atoms with Gasteiger partial charge in [-0.25, -0.2) is 9.13 Å². The van der Waals surface area contributed by atoms with Crippen LogP contribution in [0.4, 0.5) is 22.7 Å². The molecule has 0 saturated carbocycles. The third-order valence-corrected chi connectivity index (χ3v) is 5.79. The van der Waals surface area contributed by atoms with E-state index in [1.807, 2.05) is 0 Å². The zero-order valence-corrected chi connectivity index (χ0v) is 20.7. The number of nitrogens with one attached hydrogen (secondary N) is 2. The quantitative estimate of drug-likeness (QED) is 0.142. The second-order valence-electron chi connectivity index (χ2n) is 6.82. The highest BCUT2D eigenvalue weighted by Gasteiger charge is 2.19. The number of phenolic OH excluding ortho intramolecular Hbond substituents is 2. The summed E-state index contributed by atoms with van der Waals surface area (Å²) >= 11 is 23.6. The fraction of sp³-hybridized carbons (Fsp3) is 0.105. The Balaban J connectivity index is 0.00000408. The van der Waals surface area contributed by atoms with Crippen molar-refractivity contribution in [1.82, 2.24) is 4.57 Å². The van der Waals surface area contributed by atoms with E-state index >= 15 is 0 Å². The van der Waals surface area contributed by atoms with Crippen LogP contribution in [0.15, 0.2) is 30.9 Å². The van der Waals surface area contributed by atoms with Gasteiger partial charge in [-0.1, -0.05) is 46.4 Å². The van der Waals surface area contributed by atoms with Crippen molar-refractivity contribution in [3.63, 3.8) is 0 Å². The minimum Gasteiger partial charge on any atom is -1.00 e. The van der Waals surface area contributed by atoms with Crippen molar-refractivity contribution in [2.45, 2.75) is 13.1 Å². The van der Waals surface area contributed by atoms with Crippen LogP contribution in [0.1, 0.15) is 0 Å². The van der Waals surface area contributed by atoms with Crippen LogP contribution in [0, 0.1) is 0 Å². The van der Waals surface area contributed by atoms with Crippen LogP contribution >= 0.6 is 46.4 Å². The average Bonchev–Trinajstić information content (AvgIpc) is 3.18. The molecule has 0 fully saturated rings. The molecule has 2 aromatic carbocycles. The van der Waals surface area contributed by atoms with E-state index in [1.165, 1.54) is 27.6 Å². The minimum atomic E-state index is -0.495. The Morgan fingerprint density at radius 1 is 0.912 bits per heavy atom. The monoisotopic (exact) mass is 568 g/mol. The van der Waals surface area contributed by atoms with Gasteiger partial charge in [-0.2, -0.15) is 0 Å². The normalized spacial score (nSPS) is 10.5. The van der Waals surface area contributed by atoms with E-state index in [0.717, 1.165) is 0 Å². The second kappa shape index (κ2) is 11.1. The van der Waals surface area contributed by atoms with Crippen LogP contribution in [0.25, 0.3) is 0 Å². The number of carbonyl (C=O) groups is 2. The second-order valence-corrected chi connectivity index (χ2v) is 8.39. The number of anilines is 4. The molecular formula is C19H17Cl5N6O4. The van der Waals surface area contributed by atoms with E-state index < -0.39 is 23.3 Å². The number of nitrogens with two attached hydrogens (primary N) is 2. The molecule has 15 heteroatoms. The topological polar surface area (TPSA) is 160 Å². The average molecular weight is 571 g/mol. The van der Waals surface area contributed by atoms with Crippen LogP contribution in [-0.4, -0.2) is 26.6 Å². The molecule has 1 heterocycles. The number of imidazole rings is 1. The molecule has 2 amide bonds. The summed E-state index contributed by atoms with van der Waals surface area (Å²) in [5.74, 6) is -1.80. The Morgan fingerprint density at radius 2 is 1.38 bits per heavy atom. The molecule has 0 radical (unpaired) electrons. The molecule has 10 nitrogen and oxygen atoms in total. The molecule has 34 heavy (non-hydrogen) atoms. The summed E-state index contributed by atoms with van der Waals surface area (Å²) in [6.45, 7) is -0.282. The molecule has 0 saturated heterocycles. The van der Waals surface area contributed by atoms with Crippen molar-refractivity contribution in [2.24, 2.45) is 0 Å². The number of carbonyl (C=O) groups excluding carboxylic acids is 2. The first-order valence-corrected chi connectivity index (χ1v) is 10.6. The van der Waals surface area contributed by atoms with Gasteiger partial charge in [0.25, 0.3) is 11.8 Å². The Bertz CT molecular complexity index is 1170. The van der Waals surface area contributed by atoms with Gasteiger partial charge in [-0.05, 0) is 12.1 Å². The molecule has 0 unspecified atom stereocenters. The van der Waals surface area contributed by atoms with Crippen molar-refractivity contribution in [3.8, 4) is 11.5 Å². The number of nitrogen functional groups attached to an aromatic ring is 2. The molecular weight excluding hydrogens is 554 g/mol. The van der Waals surface area contributed by atoms with Crippen molar-refractivity contribution in [2.75, 3.05) is 22.1 Å². The smallest absolute Gasteiger partial charge is 0.266 e. The summed E-state index contributed by atoms with van der Waals surface area (Å²) < 4.78 is 2.99. The van der Waals surface area contributed by atoms with Crippen LogP contribution in [-0.2, 0) is 22.7 Å². The number of benzene rings is 2. The summed E-state index contributed by atoms with van der Waals surface area (Å²) in [6.07, 6.45) is 4.62. The number of hydrogen-bond acceptors (Lipinski definition) is 6. The Morgan fingerprint density at radius 3 is 1.88 bits per heavy atom. The van der Waals surface area contributed by atoms with E-state index in [4.69, 9.17) is 57.9 Å². The lowest BCUT2D eigenvalue weighted by Crippen LogP contribution is -3.00. The fourth-order valence-electron chi connectivity index (χ4n) is 2.77. The summed E-state index contributed by atoms with van der Waals surface area (Å²) in [7, 11) is 0. The van der Waals surface area contributed by atoms with Gasteiger partial charge in [0.05, 0.1) is 32.8 Å². The number of halogens is 5. The van der Waals surface area contributed by atoms with Gasteiger partial charge in [-0.3, -0.25) is 9.59 Å². The third kappa shape index (κ3) is 6.02. The molecule has 8 N–H and O–H groups in total. The molecule has 0 bridgehead atoms. The van der Waals surface area contributed by atoms with Crippen LogP contribution in [0.2, 0.25) is 20.1 Å². The van der Waals surface area contributed by atoms with Crippen LogP contribution < -0.4 is 39.1 Å². The molecule has 182 valence electrons. The van der Waals surface area contributed by atoms with Gasteiger partial charge in [0.15, 0.2) is 24.6 Å². The van der Waals surface area contributed by atoms with E-state index in [2.05, 4.69) is 10.6 Å². The highest BCUT2D eigenvalue weighted by atomic mass is 35.5. The molecule has 3 rings (SSSR count). The summed E-state index contributed by atoms with van der Waals surface area (Å²) in [4.78, 5) is 24.7. The predicted octanol–water partition coefficient (Wildman–Crippen LogP) is 0.246. The lowest BCUT2D eigenvalue weighted by Gasteiger charge is -2.11. The Kier molecular flexibility index (Phi) is 8.98. The largest absolute Gasteiger partial charge is 1.00 e. The molecule has 0 aliphatic rings. The first-order chi connectivity index (χ1) is 15.5. The Labute approximate surface area is 219 Å². The molecule has 0 aliphatic carbocycles. The maximum Gasteiger partial charge on any atom is 0.266 e. The van der Waals surface area contributed by atoms with Crippen LogP contribution in [0.5, 0.6) is 11.5 Å². The van der Waals surface area contributed by atoms with Gasteiger partial charge in [0, 0.05) is 0 Å². The first kappa shape index (κ1) is 27.5. The van der Waals surface area contributed by atoms with Crippen LogP contribution in [0.3, 0.4) is 0 Å². The van der Waals surface area contributed by atoms with Gasteiger partial charge in [-0.15, -0.1) is 0 Å². The summed E-state index contributed by atoms with van der Waals surface area (Å²) in [5.41, 5.74) is 11.2. The first-order valence-electron chi connectivity index (χ1n) is 9.05. The SMILES string of the molecule is Nc1c(Cl)cc(NC(=O)Cn2cc[n+](CC(=O)Nc3cc(Cl)c(N)c(Cl)c3O)c2)c(O)c1Cl.[Cl-]. The van der Waals surface area contributed by atoms with E-state index in [-0.39, 0.29) is 68.3 Å². The molecule has 1 aromatic heterocycles. The standard InChI is InChI=1S/C19H16Cl4N6O4.ClH/c20-8-3-10(18(32)14(22)16(8)24)26-12(30)5-28-1-2-29(7-28)6-13(31)27-11-4-9(21)17(25)15(23)19(11)33;/h1-4,7H,5-6,24-25H2,(H3-,26,27,30,31,32,33);1H. The molecule has 3 aromatic rings. The van der Waals surface area contributed by atoms with E-state index in [9.17, 15) is 19.8 Å². The number of nitrogens with zero attached hydrogens (tertiary/aromatic N) is 2. The van der Waals surface area contributed by atoms with Crippen molar-refractivity contribution >= 4 is 81.0 Å². The van der Waals surface area contributed by atoms with E-state index in [1.54, 1.807) is 12.4 Å². The summed E-state index contributed by atoms with van der Waals surface area (Å²) in [6, 6.07) is 2.56. The highest BCUT2D eigenvalue weighted by Crippen LogP contribution is 2.42. The fourth-order valence-corrected chi connectivity index (χ4v) is 3.69. The molecule has 0 spiro atoms. The van der Waals surface area contributed by atoms with Crippen molar-refractivity contribution in [1.29, 1.82) is 0 Å². The highest BCUT2D eigenvalue weighted by molar-refractivity contribution is 6.41. The van der Waals surface area contributed by atoms with Gasteiger partial charge in [0.1, 0.15) is 22.4 Å². The number of hydrogen-bond donors (Lipinski definition) is 6. The zero-order valence-electron chi connectivity index (χ0n) is 17.0. The number of amides is 2. The molecule has 0 aliphatic heterocycles. The summed E-state index contributed by atoms with van der Waals surface area (Å²) in [5, 5.41) is 24.8. The predicted molar refractivity (Wildman–Crippen MR) is 127 cm³/mol. The maximum absolute atomic E-state index is 12.3. The minimum absolute atomic E-state index is 0. The van der Waals surface area contributed by atoms with Gasteiger partial charge in [0.2, 0.25) is 6.33 Å².